The molecule has 3 N–H and O–H groups in total. The van der Waals surface area contributed by atoms with Gasteiger partial charge in [-0.1, -0.05) is 12.1 Å². The van der Waals surface area contributed by atoms with Crippen LogP contribution in [0.1, 0.15) is 16.8 Å². The Bertz CT molecular complexity index is 369. The standard InChI is InChI=1S/C13H20N2O3/c1-17-9-10-18-8-4-7-15-13(16)11-5-2-3-6-12(11)14/h2-3,5-6H,4,7-10,14H2,1H3,(H,15,16). The van der Waals surface area contributed by atoms with Crippen LogP contribution in [0.15, 0.2) is 24.3 Å². The number of anilines is 1. The number of carbonyl (C=O) groups is 1. The molecule has 0 atom stereocenters. The van der Waals surface area contributed by atoms with Gasteiger partial charge in [0.1, 0.15) is 0 Å². The molecule has 0 aromatic heterocycles. The second-order valence-corrected chi connectivity index (χ2v) is 3.80. The van der Waals surface area contributed by atoms with Crippen LogP contribution in [-0.4, -0.2) is 39.4 Å². The van der Waals surface area contributed by atoms with Crippen LogP contribution in [0.25, 0.3) is 0 Å². The molecule has 100 valence electrons. The van der Waals surface area contributed by atoms with E-state index in [9.17, 15) is 4.79 Å². The number of nitrogens with one attached hydrogen (secondary N) is 1. The third-order valence-corrected chi connectivity index (χ3v) is 2.39. The highest BCUT2D eigenvalue weighted by atomic mass is 16.5. The van der Waals surface area contributed by atoms with E-state index in [-0.39, 0.29) is 5.91 Å². The summed E-state index contributed by atoms with van der Waals surface area (Å²) in [5.41, 5.74) is 6.71. The number of amides is 1. The number of methoxy groups -OCH3 is 1. The molecule has 0 spiro atoms. The van der Waals surface area contributed by atoms with E-state index in [1.807, 2.05) is 0 Å². The van der Waals surface area contributed by atoms with E-state index in [0.29, 0.717) is 37.6 Å². The highest BCUT2D eigenvalue weighted by Crippen LogP contribution is 2.09. The maximum atomic E-state index is 11.7. The van der Waals surface area contributed by atoms with Crippen LogP contribution >= 0.6 is 0 Å². The third-order valence-electron chi connectivity index (χ3n) is 2.39. The van der Waals surface area contributed by atoms with Gasteiger partial charge in [-0.2, -0.15) is 0 Å². The van der Waals surface area contributed by atoms with Gasteiger partial charge in [0.25, 0.3) is 5.91 Å². The monoisotopic (exact) mass is 252 g/mol. The summed E-state index contributed by atoms with van der Waals surface area (Å²) in [6, 6.07) is 7.01. The summed E-state index contributed by atoms with van der Waals surface area (Å²) in [5, 5.41) is 2.80. The highest BCUT2D eigenvalue weighted by molar-refractivity contribution is 5.98. The van der Waals surface area contributed by atoms with Crippen molar-refractivity contribution in [2.24, 2.45) is 0 Å². The Kier molecular flexibility index (Phi) is 6.83. The zero-order valence-corrected chi connectivity index (χ0v) is 10.6. The molecule has 18 heavy (non-hydrogen) atoms. The summed E-state index contributed by atoms with van der Waals surface area (Å²) >= 11 is 0. The summed E-state index contributed by atoms with van der Waals surface area (Å²) in [6.45, 7) is 2.34. The van der Waals surface area contributed by atoms with E-state index in [4.69, 9.17) is 15.2 Å². The largest absolute Gasteiger partial charge is 0.398 e. The molecular formula is C13H20N2O3. The first-order valence-electron chi connectivity index (χ1n) is 5.95. The molecule has 1 amide bonds. The summed E-state index contributed by atoms with van der Waals surface area (Å²) < 4.78 is 10.1. The number of nitrogens with two attached hydrogens (primary N) is 1. The first-order chi connectivity index (χ1) is 8.75. The number of ether oxygens (including phenoxy) is 2. The average molecular weight is 252 g/mol. The lowest BCUT2D eigenvalue weighted by atomic mass is 10.1. The molecule has 0 saturated heterocycles. The van der Waals surface area contributed by atoms with Gasteiger partial charge in [0.15, 0.2) is 0 Å². The fourth-order valence-corrected chi connectivity index (χ4v) is 1.42. The molecule has 5 heteroatoms. The molecule has 5 nitrogen and oxygen atoms in total. The summed E-state index contributed by atoms with van der Waals surface area (Å²) in [6.07, 6.45) is 0.766. The molecule has 0 saturated carbocycles. The normalized spacial score (nSPS) is 10.3. The summed E-state index contributed by atoms with van der Waals surface area (Å²) in [5.74, 6) is -0.148. The Balaban J connectivity index is 2.16. The van der Waals surface area contributed by atoms with Gasteiger partial charge in [-0.25, -0.2) is 0 Å². The van der Waals surface area contributed by atoms with Gasteiger partial charge in [0, 0.05) is 25.9 Å². The van der Waals surface area contributed by atoms with E-state index >= 15 is 0 Å². The SMILES string of the molecule is COCCOCCCNC(=O)c1ccccc1N. The molecule has 0 heterocycles. The fraction of sp³-hybridized carbons (Fsp3) is 0.462. The Labute approximate surface area is 107 Å². The lowest BCUT2D eigenvalue weighted by Crippen LogP contribution is -2.26. The van der Waals surface area contributed by atoms with Crippen molar-refractivity contribution in [3.8, 4) is 0 Å². The quantitative estimate of drug-likeness (QED) is 0.536. The number of rotatable bonds is 8. The molecule has 0 aliphatic carbocycles. The predicted octanol–water partition coefficient (Wildman–Crippen LogP) is 1.05. The van der Waals surface area contributed by atoms with E-state index in [2.05, 4.69) is 5.32 Å². The van der Waals surface area contributed by atoms with Crippen molar-refractivity contribution in [2.45, 2.75) is 6.42 Å². The van der Waals surface area contributed by atoms with E-state index in [0.717, 1.165) is 6.42 Å². The minimum Gasteiger partial charge on any atom is -0.398 e. The van der Waals surface area contributed by atoms with Crippen LogP contribution in [0, 0.1) is 0 Å². The Morgan fingerprint density at radius 2 is 2.06 bits per heavy atom. The first-order valence-corrected chi connectivity index (χ1v) is 5.95. The lowest BCUT2D eigenvalue weighted by molar-refractivity contribution is 0.0688. The van der Waals surface area contributed by atoms with Crippen LogP contribution in [-0.2, 0) is 9.47 Å². The Hall–Kier alpha value is -1.59. The van der Waals surface area contributed by atoms with E-state index in [1.165, 1.54) is 0 Å². The maximum absolute atomic E-state index is 11.7. The van der Waals surface area contributed by atoms with E-state index in [1.54, 1.807) is 31.4 Å². The van der Waals surface area contributed by atoms with Crippen molar-refractivity contribution in [1.29, 1.82) is 0 Å². The topological polar surface area (TPSA) is 73.6 Å². The van der Waals surface area contributed by atoms with Gasteiger partial charge in [0.2, 0.25) is 0 Å². The van der Waals surface area contributed by atoms with Crippen molar-refractivity contribution in [1.82, 2.24) is 5.32 Å². The zero-order chi connectivity index (χ0) is 13.2. The minimum absolute atomic E-state index is 0.148. The van der Waals surface area contributed by atoms with Crippen molar-refractivity contribution in [3.05, 3.63) is 29.8 Å². The highest BCUT2D eigenvalue weighted by Gasteiger charge is 2.07. The fourth-order valence-electron chi connectivity index (χ4n) is 1.42. The summed E-state index contributed by atoms with van der Waals surface area (Å²) in [4.78, 5) is 11.7. The molecule has 0 radical (unpaired) electrons. The molecule has 1 rings (SSSR count). The van der Waals surface area contributed by atoms with Crippen molar-refractivity contribution >= 4 is 11.6 Å². The lowest BCUT2D eigenvalue weighted by Gasteiger charge is -2.07. The molecule has 0 fully saturated rings. The van der Waals surface area contributed by atoms with Crippen molar-refractivity contribution in [3.63, 3.8) is 0 Å². The molecule has 1 aromatic rings. The third kappa shape index (κ3) is 5.16. The van der Waals surface area contributed by atoms with Gasteiger partial charge in [-0.15, -0.1) is 0 Å². The first kappa shape index (κ1) is 14.5. The molecule has 1 aromatic carbocycles. The summed E-state index contributed by atoms with van der Waals surface area (Å²) in [7, 11) is 1.63. The van der Waals surface area contributed by atoms with E-state index < -0.39 is 0 Å². The van der Waals surface area contributed by atoms with Crippen molar-refractivity contribution < 1.29 is 14.3 Å². The average Bonchev–Trinajstić information content (AvgIpc) is 2.38. The van der Waals surface area contributed by atoms with Crippen molar-refractivity contribution in [2.75, 3.05) is 39.2 Å². The van der Waals surface area contributed by atoms with Gasteiger partial charge >= 0.3 is 0 Å². The van der Waals surface area contributed by atoms with Crippen LogP contribution in [0.4, 0.5) is 5.69 Å². The van der Waals surface area contributed by atoms with Crippen LogP contribution in [0.5, 0.6) is 0 Å². The minimum atomic E-state index is -0.148. The number of hydrogen-bond donors (Lipinski definition) is 2. The predicted molar refractivity (Wildman–Crippen MR) is 70.5 cm³/mol. The number of hydrogen-bond acceptors (Lipinski definition) is 4. The Morgan fingerprint density at radius 1 is 1.28 bits per heavy atom. The number of nitrogen functional groups attached to an aromatic ring is 1. The van der Waals surface area contributed by atoms with Gasteiger partial charge in [-0.3, -0.25) is 4.79 Å². The number of carbonyl (C=O) groups excluding carboxylic acids is 1. The second-order valence-electron chi connectivity index (χ2n) is 3.80. The second kappa shape index (κ2) is 8.49. The Morgan fingerprint density at radius 3 is 2.78 bits per heavy atom. The number of para-hydroxylation sites is 1. The van der Waals surface area contributed by atoms with Gasteiger partial charge < -0.3 is 20.5 Å². The van der Waals surface area contributed by atoms with Gasteiger partial charge in [0.05, 0.1) is 18.8 Å². The molecule has 0 bridgehead atoms. The smallest absolute Gasteiger partial charge is 0.253 e. The molecule has 0 unspecified atom stereocenters. The molecular weight excluding hydrogens is 232 g/mol. The van der Waals surface area contributed by atoms with Crippen LogP contribution in [0.2, 0.25) is 0 Å². The molecule has 0 aliphatic rings. The maximum Gasteiger partial charge on any atom is 0.253 e. The van der Waals surface area contributed by atoms with Crippen LogP contribution in [0.3, 0.4) is 0 Å². The number of benzene rings is 1. The molecule has 0 aliphatic heterocycles. The van der Waals surface area contributed by atoms with Crippen LogP contribution < -0.4 is 11.1 Å². The van der Waals surface area contributed by atoms with Gasteiger partial charge in [-0.05, 0) is 18.6 Å². The zero-order valence-electron chi connectivity index (χ0n) is 10.6.